The molecule has 1 atom stereocenters. The normalized spacial score (nSPS) is 19.2. The van der Waals surface area contributed by atoms with E-state index >= 15 is 0 Å². The maximum Gasteiger partial charge on any atom is 0.303 e. The van der Waals surface area contributed by atoms with Gasteiger partial charge in [-0.15, -0.1) is 0 Å². The first-order chi connectivity index (χ1) is 11.0. The third-order valence-electron chi connectivity index (χ3n) is 3.96. The van der Waals surface area contributed by atoms with Gasteiger partial charge in [0.1, 0.15) is 5.82 Å². The van der Waals surface area contributed by atoms with E-state index in [2.05, 4.69) is 10.2 Å². The van der Waals surface area contributed by atoms with Crippen LogP contribution in [0.2, 0.25) is 0 Å². The molecular formula is C16H23FN2O4. The van der Waals surface area contributed by atoms with Crippen molar-refractivity contribution >= 4 is 5.97 Å². The second kappa shape index (κ2) is 8.12. The lowest BCUT2D eigenvalue weighted by molar-refractivity contribution is -0.138. The van der Waals surface area contributed by atoms with E-state index in [1.165, 1.54) is 20.3 Å². The van der Waals surface area contributed by atoms with Crippen molar-refractivity contribution in [2.24, 2.45) is 5.92 Å². The highest BCUT2D eigenvalue weighted by molar-refractivity contribution is 5.67. The van der Waals surface area contributed by atoms with E-state index in [1.807, 2.05) is 0 Å². The largest absolute Gasteiger partial charge is 0.493 e. The second-order valence-electron chi connectivity index (χ2n) is 5.70. The Morgan fingerprint density at radius 1 is 1.39 bits per heavy atom. The Morgan fingerprint density at radius 2 is 2.09 bits per heavy atom. The highest BCUT2D eigenvalue weighted by atomic mass is 19.1. The molecule has 2 rings (SSSR count). The average molecular weight is 326 g/mol. The van der Waals surface area contributed by atoms with Crippen LogP contribution in [0, 0.1) is 11.7 Å². The van der Waals surface area contributed by atoms with Crippen LogP contribution in [0.1, 0.15) is 12.0 Å². The SMILES string of the molecule is COc1cc(F)c(CN2CCNCC(CC(=O)O)C2)cc1OC. The number of methoxy groups -OCH3 is 2. The average Bonchev–Trinajstić information content (AvgIpc) is 2.73. The maximum absolute atomic E-state index is 14.2. The van der Waals surface area contributed by atoms with Crippen molar-refractivity contribution in [3.8, 4) is 11.5 Å². The van der Waals surface area contributed by atoms with Gasteiger partial charge in [0.2, 0.25) is 0 Å². The molecule has 0 saturated carbocycles. The molecule has 2 N–H and O–H groups in total. The minimum absolute atomic E-state index is 0.0122. The molecule has 0 radical (unpaired) electrons. The molecule has 23 heavy (non-hydrogen) atoms. The molecule has 0 aromatic heterocycles. The molecular weight excluding hydrogens is 303 g/mol. The summed E-state index contributed by atoms with van der Waals surface area (Å²) in [6.45, 7) is 3.18. The molecule has 0 aliphatic carbocycles. The lowest BCUT2D eigenvalue weighted by Crippen LogP contribution is -2.31. The first kappa shape index (κ1) is 17.5. The number of hydrogen-bond acceptors (Lipinski definition) is 5. The Balaban J connectivity index is 2.12. The van der Waals surface area contributed by atoms with Gasteiger partial charge in [-0.3, -0.25) is 9.69 Å². The van der Waals surface area contributed by atoms with Gasteiger partial charge in [0.15, 0.2) is 11.5 Å². The maximum atomic E-state index is 14.2. The van der Waals surface area contributed by atoms with Crippen LogP contribution in [-0.2, 0) is 11.3 Å². The minimum atomic E-state index is -0.809. The van der Waals surface area contributed by atoms with Crippen molar-refractivity contribution in [3.05, 3.63) is 23.5 Å². The number of halogens is 1. The molecule has 1 fully saturated rings. The number of carbonyl (C=O) groups is 1. The van der Waals surface area contributed by atoms with E-state index in [0.29, 0.717) is 36.7 Å². The summed E-state index contributed by atoms with van der Waals surface area (Å²) < 4.78 is 24.6. The van der Waals surface area contributed by atoms with Gasteiger partial charge in [-0.25, -0.2) is 4.39 Å². The third kappa shape index (κ3) is 4.80. The number of rotatable bonds is 6. The zero-order valence-electron chi connectivity index (χ0n) is 13.5. The van der Waals surface area contributed by atoms with Crippen LogP contribution < -0.4 is 14.8 Å². The summed E-state index contributed by atoms with van der Waals surface area (Å²) in [5.41, 5.74) is 0.513. The number of hydrogen-bond donors (Lipinski definition) is 2. The molecule has 128 valence electrons. The van der Waals surface area contributed by atoms with Gasteiger partial charge in [0.25, 0.3) is 0 Å². The Morgan fingerprint density at radius 3 is 2.74 bits per heavy atom. The van der Waals surface area contributed by atoms with Crippen molar-refractivity contribution in [1.82, 2.24) is 10.2 Å². The highest BCUT2D eigenvalue weighted by Crippen LogP contribution is 2.30. The monoisotopic (exact) mass is 326 g/mol. The predicted octanol–water partition coefficient (Wildman–Crippen LogP) is 1.34. The zero-order chi connectivity index (χ0) is 16.8. The summed E-state index contributed by atoms with van der Waals surface area (Å²) in [6.07, 6.45) is 0.109. The fourth-order valence-electron chi connectivity index (χ4n) is 2.85. The molecule has 0 spiro atoms. The Bertz CT molecular complexity index is 553. The number of nitrogens with zero attached hydrogens (tertiary/aromatic N) is 1. The minimum Gasteiger partial charge on any atom is -0.493 e. The molecule has 1 aromatic carbocycles. The summed E-state index contributed by atoms with van der Waals surface area (Å²) in [5, 5.41) is 12.2. The molecule has 1 heterocycles. The topological polar surface area (TPSA) is 71.0 Å². The Kier molecular flexibility index (Phi) is 6.18. The van der Waals surface area contributed by atoms with E-state index in [0.717, 1.165) is 13.1 Å². The van der Waals surface area contributed by atoms with Gasteiger partial charge in [0, 0.05) is 37.8 Å². The van der Waals surface area contributed by atoms with Crippen molar-refractivity contribution < 1.29 is 23.8 Å². The summed E-state index contributed by atoms with van der Waals surface area (Å²) in [4.78, 5) is 13.0. The van der Waals surface area contributed by atoms with Crippen LogP contribution in [0.3, 0.4) is 0 Å². The van der Waals surface area contributed by atoms with Crippen molar-refractivity contribution in [3.63, 3.8) is 0 Å². The van der Waals surface area contributed by atoms with Crippen molar-refractivity contribution in [2.75, 3.05) is 40.4 Å². The first-order valence-electron chi connectivity index (χ1n) is 7.58. The van der Waals surface area contributed by atoms with Gasteiger partial charge in [-0.2, -0.15) is 0 Å². The molecule has 0 bridgehead atoms. The van der Waals surface area contributed by atoms with Gasteiger partial charge in [-0.05, 0) is 18.5 Å². The first-order valence-corrected chi connectivity index (χ1v) is 7.58. The lowest BCUT2D eigenvalue weighted by Gasteiger charge is -2.23. The van der Waals surface area contributed by atoms with Crippen LogP contribution in [0.5, 0.6) is 11.5 Å². The van der Waals surface area contributed by atoms with Gasteiger partial charge < -0.3 is 19.9 Å². The number of carboxylic acids is 1. The van der Waals surface area contributed by atoms with Crippen molar-refractivity contribution in [1.29, 1.82) is 0 Å². The predicted molar refractivity (Wildman–Crippen MR) is 83.4 cm³/mol. The van der Waals surface area contributed by atoms with E-state index in [-0.39, 0.29) is 18.2 Å². The van der Waals surface area contributed by atoms with Gasteiger partial charge in [-0.1, -0.05) is 0 Å². The molecule has 1 aromatic rings. The van der Waals surface area contributed by atoms with Gasteiger partial charge in [0.05, 0.1) is 20.6 Å². The van der Waals surface area contributed by atoms with Crippen LogP contribution in [0.15, 0.2) is 12.1 Å². The number of carboxylic acid groups (broad SMARTS) is 1. The molecule has 7 heteroatoms. The summed E-state index contributed by atoms with van der Waals surface area (Å²) in [7, 11) is 2.98. The fourth-order valence-corrected chi connectivity index (χ4v) is 2.85. The molecule has 6 nitrogen and oxygen atoms in total. The third-order valence-corrected chi connectivity index (χ3v) is 3.96. The number of nitrogens with one attached hydrogen (secondary N) is 1. The lowest BCUT2D eigenvalue weighted by atomic mass is 10.0. The Hall–Kier alpha value is -1.86. The van der Waals surface area contributed by atoms with Gasteiger partial charge >= 0.3 is 5.97 Å². The summed E-state index contributed by atoms with van der Waals surface area (Å²) >= 11 is 0. The standard InChI is InChI=1S/C16H23FN2O4/c1-22-14-6-12(13(17)7-15(14)23-2)10-19-4-3-18-8-11(9-19)5-16(20)21/h6-7,11,18H,3-5,8-10H2,1-2H3,(H,20,21). The molecule has 1 saturated heterocycles. The van der Waals surface area contributed by atoms with E-state index in [1.54, 1.807) is 6.07 Å². The zero-order valence-corrected chi connectivity index (χ0v) is 13.5. The van der Waals surface area contributed by atoms with Crippen LogP contribution in [0.25, 0.3) is 0 Å². The van der Waals surface area contributed by atoms with Crippen LogP contribution >= 0.6 is 0 Å². The summed E-state index contributed by atoms with van der Waals surface area (Å²) in [5.74, 6) is -0.308. The quantitative estimate of drug-likeness (QED) is 0.822. The number of benzene rings is 1. The van der Waals surface area contributed by atoms with E-state index < -0.39 is 5.97 Å². The molecule has 0 amide bonds. The van der Waals surface area contributed by atoms with Crippen LogP contribution in [0.4, 0.5) is 4.39 Å². The highest BCUT2D eigenvalue weighted by Gasteiger charge is 2.22. The number of aliphatic carboxylic acids is 1. The molecule has 1 unspecified atom stereocenters. The smallest absolute Gasteiger partial charge is 0.303 e. The fraction of sp³-hybridized carbons (Fsp3) is 0.562. The second-order valence-corrected chi connectivity index (χ2v) is 5.70. The molecule has 1 aliphatic heterocycles. The van der Waals surface area contributed by atoms with E-state index in [4.69, 9.17) is 14.6 Å². The van der Waals surface area contributed by atoms with Crippen molar-refractivity contribution in [2.45, 2.75) is 13.0 Å². The van der Waals surface area contributed by atoms with Crippen LogP contribution in [-0.4, -0.2) is 56.4 Å². The summed E-state index contributed by atoms with van der Waals surface area (Å²) in [6, 6.07) is 2.96. The Labute approximate surface area is 135 Å². The molecule has 1 aliphatic rings. The number of ether oxygens (including phenoxy) is 2. The van der Waals surface area contributed by atoms with E-state index in [9.17, 15) is 9.18 Å².